The Hall–Kier alpha value is -1.56. The Morgan fingerprint density at radius 3 is 2.78 bits per heavy atom. The molecule has 0 saturated heterocycles. The van der Waals surface area contributed by atoms with Crippen LogP contribution in [-0.4, -0.2) is 20.3 Å². The Balaban J connectivity index is 2.24. The largest absolute Gasteiger partial charge is 0.354 e. The summed E-state index contributed by atoms with van der Waals surface area (Å²) in [7, 11) is 3.75. The van der Waals surface area contributed by atoms with E-state index in [0.29, 0.717) is 15.9 Å². The van der Waals surface area contributed by atoms with Crippen molar-refractivity contribution in [2.24, 2.45) is 14.1 Å². The number of amides is 1. The number of nitrogens with one attached hydrogen (secondary N) is 1. The lowest BCUT2D eigenvalue weighted by Crippen LogP contribution is -2.13. The molecule has 1 amide bonds. The summed E-state index contributed by atoms with van der Waals surface area (Å²) in [5.74, 6) is -0.110. The molecule has 0 aromatic carbocycles. The van der Waals surface area contributed by atoms with Crippen LogP contribution in [0.2, 0.25) is 0 Å². The molecule has 0 fully saturated rings. The molecule has 0 bridgehead atoms. The highest BCUT2D eigenvalue weighted by atomic mass is 79.9. The predicted octanol–water partition coefficient (Wildman–Crippen LogP) is 2.34. The number of aromatic nitrogens is 3. The highest BCUT2D eigenvalue weighted by molar-refractivity contribution is 9.10. The zero-order valence-electron chi connectivity index (χ0n) is 10.6. The third-order valence-corrected chi connectivity index (χ3v) is 3.40. The maximum atomic E-state index is 12.2. The third kappa shape index (κ3) is 2.33. The van der Waals surface area contributed by atoms with Crippen molar-refractivity contribution in [1.29, 1.82) is 0 Å². The van der Waals surface area contributed by atoms with E-state index in [2.05, 4.69) is 26.3 Å². The van der Waals surface area contributed by atoms with Gasteiger partial charge >= 0.3 is 0 Å². The van der Waals surface area contributed by atoms with Crippen molar-refractivity contribution in [3.63, 3.8) is 0 Å². The molecule has 0 unspecified atom stereocenters. The van der Waals surface area contributed by atoms with Crippen molar-refractivity contribution in [3.8, 4) is 0 Å². The maximum Gasteiger partial charge on any atom is 0.257 e. The molecule has 2 heterocycles. The zero-order chi connectivity index (χ0) is 13.3. The molecule has 2 aromatic rings. The van der Waals surface area contributed by atoms with Crippen molar-refractivity contribution >= 4 is 27.5 Å². The monoisotopic (exact) mass is 310 g/mol. The molecule has 0 aliphatic heterocycles. The number of carbonyl (C=O) groups excluding carboxylic acids is 1. The molecule has 0 spiro atoms. The lowest BCUT2D eigenvalue weighted by Gasteiger charge is -2.05. The van der Waals surface area contributed by atoms with Gasteiger partial charge < -0.3 is 9.88 Å². The molecule has 0 aliphatic carbocycles. The van der Waals surface area contributed by atoms with Gasteiger partial charge in [-0.2, -0.15) is 5.10 Å². The van der Waals surface area contributed by atoms with E-state index in [9.17, 15) is 4.79 Å². The standard InChI is InChI=1S/C12H15BrN4O/c1-4-10-8(5-6-16(10)2)12(18)14-9-7-17(3)15-11(9)13/h5-7H,4H2,1-3H3,(H,14,18). The van der Waals surface area contributed by atoms with Gasteiger partial charge in [-0.15, -0.1) is 0 Å². The Bertz CT molecular complexity index is 585. The van der Waals surface area contributed by atoms with Crippen LogP contribution in [-0.2, 0) is 20.5 Å². The van der Waals surface area contributed by atoms with E-state index < -0.39 is 0 Å². The SMILES string of the molecule is CCc1c(C(=O)Nc2cn(C)nc2Br)ccn1C. The number of hydrogen-bond acceptors (Lipinski definition) is 2. The molecule has 0 radical (unpaired) electrons. The van der Waals surface area contributed by atoms with Crippen LogP contribution >= 0.6 is 15.9 Å². The summed E-state index contributed by atoms with van der Waals surface area (Å²) in [6, 6.07) is 1.83. The van der Waals surface area contributed by atoms with Gasteiger partial charge in [0, 0.05) is 32.2 Å². The van der Waals surface area contributed by atoms with Gasteiger partial charge in [0.2, 0.25) is 0 Å². The Labute approximate surface area is 114 Å². The van der Waals surface area contributed by atoms with E-state index in [1.807, 2.05) is 30.8 Å². The minimum atomic E-state index is -0.110. The van der Waals surface area contributed by atoms with E-state index >= 15 is 0 Å². The number of nitrogens with zero attached hydrogens (tertiary/aromatic N) is 3. The van der Waals surface area contributed by atoms with Crippen LogP contribution in [0.25, 0.3) is 0 Å². The molecular formula is C12H15BrN4O. The zero-order valence-corrected chi connectivity index (χ0v) is 12.2. The van der Waals surface area contributed by atoms with Gasteiger partial charge in [-0.1, -0.05) is 6.92 Å². The second kappa shape index (κ2) is 4.97. The number of halogens is 1. The Morgan fingerprint density at radius 2 is 2.22 bits per heavy atom. The fourth-order valence-electron chi connectivity index (χ4n) is 1.94. The highest BCUT2D eigenvalue weighted by Gasteiger charge is 2.15. The summed E-state index contributed by atoms with van der Waals surface area (Å²) < 4.78 is 4.24. The lowest BCUT2D eigenvalue weighted by atomic mass is 10.2. The molecule has 0 atom stereocenters. The lowest BCUT2D eigenvalue weighted by molar-refractivity contribution is 0.102. The fourth-order valence-corrected chi connectivity index (χ4v) is 2.40. The quantitative estimate of drug-likeness (QED) is 0.946. The van der Waals surface area contributed by atoms with Crippen LogP contribution in [0.4, 0.5) is 5.69 Å². The summed E-state index contributed by atoms with van der Waals surface area (Å²) >= 11 is 3.31. The second-order valence-corrected chi connectivity index (χ2v) is 4.85. The summed E-state index contributed by atoms with van der Waals surface area (Å²) in [6.45, 7) is 2.03. The minimum Gasteiger partial charge on any atom is -0.354 e. The molecular weight excluding hydrogens is 296 g/mol. The molecule has 5 nitrogen and oxygen atoms in total. The summed E-state index contributed by atoms with van der Waals surface area (Å²) in [5, 5.41) is 6.97. The Morgan fingerprint density at radius 1 is 1.50 bits per heavy atom. The number of anilines is 1. The first-order valence-corrected chi connectivity index (χ1v) is 6.47. The average Bonchev–Trinajstić information content (AvgIpc) is 2.82. The van der Waals surface area contributed by atoms with Crippen molar-refractivity contribution in [2.75, 3.05) is 5.32 Å². The van der Waals surface area contributed by atoms with Gasteiger partial charge in [0.1, 0.15) is 0 Å². The van der Waals surface area contributed by atoms with Crippen molar-refractivity contribution in [3.05, 3.63) is 34.3 Å². The van der Waals surface area contributed by atoms with Crippen molar-refractivity contribution < 1.29 is 4.79 Å². The summed E-state index contributed by atoms with van der Waals surface area (Å²) in [5.41, 5.74) is 2.40. The van der Waals surface area contributed by atoms with Crippen molar-refractivity contribution in [1.82, 2.24) is 14.3 Å². The van der Waals surface area contributed by atoms with Gasteiger partial charge in [0.25, 0.3) is 5.91 Å². The van der Waals surface area contributed by atoms with Crippen LogP contribution < -0.4 is 5.32 Å². The topological polar surface area (TPSA) is 51.9 Å². The van der Waals surface area contributed by atoms with Crippen LogP contribution in [0.5, 0.6) is 0 Å². The van der Waals surface area contributed by atoms with E-state index in [1.165, 1.54) is 0 Å². The highest BCUT2D eigenvalue weighted by Crippen LogP contribution is 2.21. The minimum absolute atomic E-state index is 0.110. The van der Waals surface area contributed by atoms with Crippen LogP contribution in [0.1, 0.15) is 23.0 Å². The average molecular weight is 311 g/mol. The fraction of sp³-hybridized carbons (Fsp3) is 0.333. The molecule has 2 rings (SSSR count). The number of carbonyl (C=O) groups is 1. The molecule has 6 heteroatoms. The first-order valence-electron chi connectivity index (χ1n) is 5.67. The molecule has 2 aromatic heterocycles. The summed E-state index contributed by atoms with van der Waals surface area (Å²) in [4.78, 5) is 12.2. The number of rotatable bonds is 3. The number of hydrogen-bond donors (Lipinski definition) is 1. The summed E-state index contributed by atoms with van der Waals surface area (Å²) in [6.07, 6.45) is 4.48. The molecule has 0 saturated carbocycles. The number of aryl methyl sites for hydroxylation is 2. The normalized spacial score (nSPS) is 10.7. The van der Waals surface area contributed by atoms with Crippen molar-refractivity contribution in [2.45, 2.75) is 13.3 Å². The maximum absolute atomic E-state index is 12.2. The van der Waals surface area contributed by atoms with Gasteiger partial charge in [-0.25, -0.2) is 0 Å². The van der Waals surface area contributed by atoms with Gasteiger partial charge in [0.05, 0.1) is 11.3 Å². The first-order chi connectivity index (χ1) is 8.52. The smallest absolute Gasteiger partial charge is 0.257 e. The van der Waals surface area contributed by atoms with Gasteiger partial charge in [-0.3, -0.25) is 9.48 Å². The van der Waals surface area contributed by atoms with E-state index in [1.54, 1.807) is 17.9 Å². The van der Waals surface area contributed by atoms with E-state index in [-0.39, 0.29) is 5.91 Å². The van der Waals surface area contributed by atoms with Crippen LogP contribution in [0.3, 0.4) is 0 Å². The first kappa shape index (κ1) is 12.9. The van der Waals surface area contributed by atoms with E-state index in [4.69, 9.17) is 0 Å². The molecule has 1 N–H and O–H groups in total. The molecule has 18 heavy (non-hydrogen) atoms. The third-order valence-electron chi connectivity index (χ3n) is 2.81. The van der Waals surface area contributed by atoms with Gasteiger partial charge in [0.15, 0.2) is 4.60 Å². The van der Waals surface area contributed by atoms with Gasteiger partial charge in [-0.05, 0) is 28.4 Å². The molecule has 96 valence electrons. The molecule has 0 aliphatic rings. The van der Waals surface area contributed by atoms with Crippen LogP contribution in [0.15, 0.2) is 23.1 Å². The predicted molar refractivity (Wildman–Crippen MR) is 73.7 cm³/mol. The van der Waals surface area contributed by atoms with E-state index in [0.717, 1.165) is 12.1 Å². The van der Waals surface area contributed by atoms with Crippen LogP contribution in [0, 0.1) is 0 Å². The second-order valence-electron chi connectivity index (χ2n) is 4.10. The Kier molecular flexibility index (Phi) is 3.56.